The summed E-state index contributed by atoms with van der Waals surface area (Å²) in [5.41, 5.74) is 5.73. The van der Waals surface area contributed by atoms with Crippen molar-refractivity contribution in [2.75, 3.05) is 0 Å². The smallest absolute Gasteiger partial charge is 0.344 e. The van der Waals surface area contributed by atoms with E-state index in [1.165, 1.54) is 12.1 Å². The summed E-state index contributed by atoms with van der Waals surface area (Å²) in [6.07, 6.45) is -0.116. The number of aliphatic carboxylic acids is 1. The first-order valence-electron chi connectivity index (χ1n) is 5.44. The molecule has 0 aliphatic heterocycles. The van der Waals surface area contributed by atoms with Crippen molar-refractivity contribution < 1.29 is 19.0 Å². The van der Waals surface area contributed by atoms with Crippen LogP contribution in [0.4, 0.5) is 4.39 Å². The predicted molar refractivity (Wildman–Crippen MR) is 69.2 cm³/mol. The van der Waals surface area contributed by atoms with Gasteiger partial charge in [0, 0.05) is 5.56 Å². The molecule has 1 aromatic carbocycles. The number of nitrogens with two attached hydrogens (primary N) is 1. The second-order valence-corrected chi connectivity index (χ2v) is 4.18. The molecule has 0 aromatic heterocycles. The van der Waals surface area contributed by atoms with Crippen molar-refractivity contribution in [1.29, 1.82) is 0 Å². The van der Waals surface area contributed by atoms with Crippen LogP contribution in [0.5, 0.6) is 5.75 Å². The van der Waals surface area contributed by atoms with E-state index in [0.29, 0.717) is 18.4 Å². The maximum absolute atomic E-state index is 13.6. The number of carboxylic acid groups (broad SMARTS) is 1. The molecule has 1 aromatic rings. The number of ether oxygens (including phenoxy) is 1. The van der Waals surface area contributed by atoms with Gasteiger partial charge in [0.25, 0.3) is 0 Å². The number of carboxylic acids is 1. The first-order chi connectivity index (χ1) is 8.45. The third-order valence-electron chi connectivity index (χ3n) is 2.31. The average Bonchev–Trinajstić information content (AvgIpc) is 2.30. The van der Waals surface area contributed by atoms with Crippen LogP contribution in [0.2, 0.25) is 0 Å². The normalized spacial score (nSPS) is 11.9. The van der Waals surface area contributed by atoms with Crippen molar-refractivity contribution >= 4 is 23.2 Å². The molecule has 4 nitrogen and oxygen atoms in total. The lowest BCUT2D eigenvalue weighted by Gasteiger charge is -2.15. The summed E-state index contributed by atoms with van der Waals surface area (Å²) in [6, 6.07) is 3.95. The van der Waals surface area contributed by atoms with Gasteiger partial charge in [-0.3, -0.25) is 0 Å². The van der Waals surface area contributed by atoms with Gasteiger partial charge in [-0.2, -0.15) is 0 Å². The van der Waals surface area contributed by atoms with Gasteiger partial charge < -0.3 is 15.6 Å². The van der Waals surface area contributed by atoms with Crippen LogP contribution < -0.4 is 10.5 Å². The van der Waals surface area contributed by atoms with Gasteiger partial charge >= 0.3 is 5.97 Å². The van der Waals surface area contributed by atoms with Gasteiger partial charge in [-0.15, -0.1) is 0 Å². The molecule has 0 amide bonds. The second-order valence-electron chi connectivity index (χ2n) is 3.74. The lowest BCUT2D eigenvalue weighted by atomic mass is 10.2. The highest BCUT2D eigenvalue weighted by molar-refractivity contribution is 7.80. The Morgan fingerprint density at radius 1 is 1.61 bits per heavy atom. The van der Waals surface area contributed by atoms with Gasteiger partial charge in [-0.25, -0.2) is 9.18 Å². The zero-order valence-corrected chi connectivity index (χ0v) is 10.7. The molecular weight excluding hydrogens is 257 g/mol. The zero-order chi connectivity index (χ0) is 13.7. The predicted octanol–water partition coefficient (Wildman–Crippen LogP) is 2.09. The van der Waals surface area contributed by atoms with E-state index in [9.17, 15) is 9.18 Å². The number of rotatable bonds is 6. The molecule has 0 saturated carbocycles. The van der Waals surface area contributed by atoms with Crippen LogP contribution in [0.1, 0.15) is 25.3 Å². The second kappa shape index (κ2) is 6.30. The Balaban J connectivity index is 2.90. The molecule has 0 spiro atoms. The van der Waals surface area contributed by atoms with Crippen molar-refractivity contribution in [3.05, 3.63) is 29.6 Å². The van der Waals surface area contributed by atoms with Crippen LogP contribution in [0, 0.1) is 5.82 Å². The highest BCUT2D eigenvalue weighted by Gasteiger charge is 2.20. The van der Waals surface area contributed by atoms with E-state index in [1.807, 2.05) is 6.92 Å². The highest BCUT2D eigenvalue weighted by Crippen LogP contribution is 2.21. The van der Waals surface area contributed by atoms with E-state index in [0.717, 1.165) is 6.07 Å². The summed E-state index contributed by atoms with van der Waals surface area (Å²) in [7, 11) is 0. The van der Waals surface area contributed by atoms with Crippen LogP contribution in [-0.2, 0) is 4.79 Å². The molecule has 6 heteroatoms. The maximum atomic E-state index is 13.6. The molecule has 0 bridgehead atoms. The maximum Gasteiger partial charge on any atom is 0.344 e. The SMILES string of the molecule is CCCC(Oc1ccc(C(N)=S)cc1F)C(=O)O. The van der Waals surface area contributed by atoms with Crippen molar-refractivity contribution in [2.45, 2.75) is 25.9 Å². The summed E-state index contributed by atoms with van der Waals surface area (Å²) in [5, 5.41) is 8.91. The number of hydrogen-bond acceptors (Lipinski definition) is 3. The Morgan fingerprint density at radius 2 is 2.28 bits per heavy atom. The molecular formula is C12H14FNO3S. The third kappa shape index (κ3) is 3.66. The van der Waals surface area contributed by atoms with Gasteiger partial charge in [0.2, 0.25) is 0 Å². The number of halogens is 1. The minimum Gasteiger partial charge on any atom is -0.479 e. The van der Waals surface area contributed by atoms with Crippen molar-refractivity contribution in [2.24, 2.45) is 5.73 Å². The quantitative estimate of drug-likeness (QED) is 0.775. The van der Waals surface area contributed by atoms with Gasteiger partial charge in [-0.05, 0) is 24.6 Å². The first-order valence-corrected chi connectivity index (χ1v) is 5.85. The molecule has 0 aliphatic carbocycles. The third-order valence-corrected chi connectivity index (χ3v) is 2.55. The molecule has 1 atom stereocenters. The molecule has 0 heterocycles. The fourth-order valence-corrected chi connectivity index (χ4v) is 1.52. The fraction of sp³-hybridized carbons (Fsp3) is 0.333. The van der Waals surface area contributed by atoms with E-state index < -0.39 is 17.9 Å². The summed E-state index contributed by atoms with van der Waals surface area (Å²) in [6.45, 7) is 1.83. The summed E-state index contributed by atoms with van der Waals surface area (Å²) in [5.74, 6) is -1.91. The van der Waals surface area contributed by atoms with E-state index in [2.05, 4.69) is 0 Å². The topological polar surface area (TPSA) is 72.5 Å². The Hall–Kier alpha value is -1.69. The van der Waals surface area contributed by atoms with Crippen LogP contribution in [-0.4, -0.2) is 22.2 Å². The molecule has 98 valence electrons. The molecule has 0 aliphatic rings. The standard InChI is InChI=1S/C12H14FNO3S/c1-2-3-10(12(15)16)17-9-5-4-7(11(14)18)6-8(9)13/h4-6,10H,2-3H2,1H3,(H2,14,18)(H,15,16). The largest absolute Gasteiger partial charge is 0.479 e. The van der Waals surface area contributed by atoms with Crippen LogP contribution in [0.15, 0.2) is 18.2 Å². The Morgan fingerprint density at radius 3 is 2.72 bits per heavy atom. The lowest BCUT2D eigenvalue weighted by molar-refractivity contribution is -0.145. The fourth-order valence-electron chi connectivity index (χ4n) is 1.40. The minimum absolute atomic E-state index is 0.0730. The Bertz CT molecular complexity index is 465. The lowest BCUT2D eigenvalue weighted by Crippen LogP contribution is -2.27. The van der Waals surface area contributed by atoms with E-state index in [1.54, 1.807) is 0 Å². The zero-order valence-electron chi connectivity index (χ0n) is 9.85. The van der Waals surface area contributed by atoms with E-state index >= 15 is 0 Å². The number of benzene rings is 1. The van der Waals surface area contributed by atoms with Gasteiger partial charge in [0.15, 0.2) is 17.7 Å². The van der Waals surface area contributed by atoms with Gasteiger partial charge in [-0.1, -0.05) is 25.6 Å². The minimum atomic E-state index is -1.12. The van der Waals surface area contributed by atoms with Crippen molar-refractivity contribution in [1.82, 2.24) is 0 Å². The number of carbonyl (C=O) groups is 1. The Labute approximate surface area is 110 Å². The van der Waals surface area contributed by atoms with E-state index in [4.69, 9.17) is 27.8 Å². The van der Waals surface area contributed by atoms with Crippen LogP contribution in [0.25, 0.3) is 0 Å². The molecule has 1 unspecified atom stereocenters. The van der Waals surface area contributed by atoms with Gasteiger partial charge in [0.05, 0.1) is 0 Å². The van der Waals surface area contributed by atoms with E-state index in [-0.39, 0.29) is 10.7 Å². The summed E-state index contributed by atoms with van der Waals surface area (Å²) < 4.78 is 18.8. The number of hydrogen-bond donors (Lipinski definition) is 2. The molecule has 1 rings (SSSR count). The number of thiocarbonyl (C=S) groups is 1. The van der Waals surface area contributed by atoms with Gasteiger partial charge in [0.1, 0.15) is 4.99 Å². The van der Waals surface area contributed by atoms with Crippen LogP contribution >= 0.6 is 12.2 Å². The molecule has 0 saturated heterocycles. The highest BCUT2D eigenvalue weighted by atomic mass is 32.1. The summed E-state index contributed by atoms with van der Waals surface area (Å²) >= 11 is 4.71. The molecule has 0 fully saturated rings. The first kappa shape index (κ1) is 14.4. The Kier molecular flexibility index (Phi) is 5.03. The van der Waals surface area contributed by atoms with Crippen molar-refractivity contribution in [3.63, 3.8) is 0 Å². The molecule has 0 radical (unpaired) electrons. The van der Waals surface area contributed by atoms with Crippen LogP contribution in [0.3, 0.4) is 0 Å². The summed E-state index contributed by atoms with van der Waals surface area (Å²) in [4.78, 5) is 11.0. The molecule has 18 heavy (non-hydrogen) atoms. The monoisotopic (exact) mass is 271 g/mol. The molecule has 3 N–H and O–H groups in total. The average molecular weight is 271 g/mol. The van der Waals surface area contributed by atoms with Crippen molar-refractivity contribution in [3.8, 4) is 5.75 Å².